The van der Waals surface area contributed by atoms with Gasteiger partial charge in [-0.3, -0.25) is 9.89 Å². The van der Waals surface area contributed by atoms with Gasteiger partial charge in [0.2, 0.25) is 5.91 Å². The number of nitrogens with one attached hydrogen (secondary N) is 2. The molecule has 2 aliphatic rings. The van der Waals surface area contributed by atoms with Crippen molar-refractivity contribution >= 4 is 11.7 Å². The predicted molar refractivity (Wildman–Crippen MR) is 81.2 cm³/mol. The standard InChI is InChI=1S/C17H19N3O/c1-10-15(12-7-8-12)19-20-16(10)18-17(21)14-9-13(14)11-5-3-2-4-6-11/h2-6,12-14H,7-9H2,1H3,(H2,18,19,20,21)/t13-,14-/m0/s1. The number of carbonyl (C=O) groups is 1. The lowest BCUT2D eigenvalue weighted by Gasteiger charge is -2.03. The summed E-state index contributed by atoms with van der Waals surface area (Å²) in [5.74, 6) is 1.89. The van der Waals surface area contributed by atoms with E-state index in [1.54, 1.807) is 0 Å². The Balaban J connectivity index is 1.43. The number of rotatable bonds is 4. The number of H-pyrrole nitrogens is 1. The normalized spacial score (nSPS) is 23.9. The van der Waals surface area contributed by atoms with Gasteiger partial charge in [0.1, 0.15) is 0 Å². The molecule has 1 amide bonds. The van der Waals surface area contributed by atoms with Gasteiger partial charge in [0.05, 0.1) is 0 Å². The minimum Gasteiger partial charge on any atom is -0.309 e. The van der Waals surface area contributed by atoms with Crippen LogP contribution >= 0.6 is 0 Å². The molecule has 1 aromatic heterocycles. The molecular formula is C17H19N3O. The number of benzene rings is 1. The van der Waals surface area contributed by atoms with Crippen LogP contribution in [0.5, 0.6) is 0 Å². The Hall–Kier alpha value is -2.10. The van der Waals surface area contributed by atoms with E-state index in [0.717, 1.165) is 12.0 Å². The topological polar surface area (TPSA) is 57.8 Å². The van der Waals surface area contributed by atoms with Crippen molar-refractivity contribution in [2.24, 2.45) is 5.92 Å². The van der Waals surface area contributed by atoms with Crippen molar-refractivity contribution in [1.82, 2.24) is 10.2 Å². The lowest BCUT2D eigenvalue weighted by molar-refractivity contribution is -0.117. The Morgan fingerprint density at radius 3 is 2.76 bits per heavy atom. The van der Waals surface area contributed by atoms with Gasteiger partial charge in [-0.05, 0) is 37.7 Å². The third kappa shape index (κ3) is 2.35. The van der Waals surface area contributed by atoms with Gasteiger partial charge in [0.25, 0.3) is 0 Å². The molecular weight excluding hydrogens is 262 g/mol. The Morgan fingerprint density at radius 2 is 2.05 bits per heavy atom. The van der Waals surface area contributed by atoms with E-state index in [4.69, 9.17) is 0 Å². The van der Waals surface area contributed by atoms with Crippen LogP contribution in [0.1, 0.15) is 47.9 Å². The Bertz CT molecular complexity index is 673. The summed E-state index contributed by atoms with van der Waals surface area (Å²) in [6, 6.07) is 10.3. The Morgan fingerprint density at radius 1 is 1.29 bits per heavy atom. The van der Waals surface area contributed by atoms with Gasteiger partial charge in [0.15, 0.2) is 5.82 Å². The second kappa shape index (κ2) is 4.72. The molecule has 0 radical (unpaired) electrons. The quantitative estimate of drug-likeness (QED) is 0.903. The van der Waals surface area contributed by atoms with Crippen LogP contribution in [0.2, 0.25) is 0 Å². The van der Waals surface area contributed by atoms with E-state index in [-0.39, 0.29) is 11.8 Å². The summed E-state index contributed by atoms with van der Waals surface area (Å²) in [5, 5.41) is 10.3. The molecule has 0 saturated heterocycles. The van der Waals surface area contributed by atoms with Crippen molar-refractivity contribution in [3.8, 4) is 0 Å². The molecule has 2 atom stereocenters. The molecule has 2 saturated carbocycles. The van der Waals surface area contributed by atoms with Gasteiger partial charge in [0, 0.05) is 23.1 Å². The maximum Gasteiger partial charge on any atom is 0.229 e. The van der Waals surface area contributed by atoms with Crippen molar-refractivity contribution in [3.05, 3.63) is 47.2 Å². The summed E-state index contributed by atoms with van der Waals surface area (Å²) in [7, 11) is 0. The van der Waals surface area contributed by atoms with Gasteiger partial charge in [-0.25, -0.2) is 0 Å². The average Bonchev–Trinajstić information content (AvgIpc) is 3.41. The summed E-state index contributed by atoms with van der Waals surface area (Å²) in [6.45, 7) is 2.04. The van der Waals surface area contributed by atoms with Crippen molar-refractivity contribution < 1.29 is 4.79 Å². The van der Waals surface area contributed by atoms with Crippen LogP contribution in [-0.4, -0.2) is 16.1 Å². The summed E-state index contributed by atoms with van der Waals surface area (Å²) in [5.41, 5.74) is 3.55. The van der Waals surface area contributed by atoms with Crippen molar-refractivity contribution in [3.63, 3.8) is 0 Å². The summed E-state index contributed by atoms with van der Waals surface area (Å²) >= 11 is 0. The highest BCUT2D eigenvalue weighted by Crippen LogP contribution is 2.48. The average molecular weight is 281 g/mol. The smallest absolute Gasteiger partial charge is 0.229 e. The fraction of sp³-hybridized carbons (Fsp3) is 0.412. The summed E-state index contributed by atoms with van der Waals surface area (Å²) in [4.78, 5) is 12.3. The van der Waals surface area contributed by atoms with Crippen LogP contribution in [0.25, 0.3) is 0 Å². The van der Waals surface area contributed by atoms with Crippen molar-refractivity contribution in [2.45, 2.75) is 38.0 Å². The van der Waals surface area contributed by atoms with E-state index in [0.29, 0.717) is 17.7 Å². The SMILES string of the molecule is Cc1c(NC(=O)[C@H]2C[C@H]2c2ccccc2)n[nH]c1C1CC1. The molecule has 2 aromatic rings. The summed E-state index contributed by atoms with van der Waals surface area (Å²) < 4.78 is 0. The number of nitrogens with zero attached hydrogens (tertiary/aromatic N) is 1. The third-order valence-electron chi connectivity index (χ3n) is 4.63. The second-order valence-corrected chi connectivity index (χ2v) is 6.23. The van der Waals surface area contributed by atoms with Crippen LogP contribution in [0.4, 0.5) is 5.82 Å². The molecule has 1 aromatic carbocycles. The number of anilines is 1. The lowest BCUT2D eigenvalue weighted by atomic mass is 10.1. The molecule has 21 heavy (non-hydrogen) atoms. The number of aromatic amines is 1. The van der Waals surface area contributed by atoms with E-state index < -0.39 is 0 Å². The van der Waals surface area contributed by atoms with Crippen molar-refractivity contribution in [1.29, 1.82) is 0 Å². The molecule has 0 bridgehead atoms. The highest BCUT2D eigenvalue weighted by molar-refractivity contribution is 5.95. The highest BCUT2D eigenvalue weighted by Gasteiger charge is 2.44. The first-order chi connectivity index (χ1) is 10.2. The monoisotopic (exact) mass is 281 g/mol. The first-order valence-electron chi connectivity index (χ1n) is 7.64. The molecule has 4 nitrogen and oxygen atoms in total. The number of aromatic nitrogens is 2. The fourth-order valence-electron chi connectivity index (χ4n) is 3.07. The summed E-state index contributed by atoms with van der Waals surface area (Å²) in [6.07, 6.45) is 3.40. The van der Waals surface area contributed by atoms with Gasteiger partial charge < -0.3 is 5.32 Å². The molecule has 4 rings (SSSR count). The Labute approximate surface area is 124 Å². The van der Waals surface area contributed by atoms with Gasteiger partial charge in [-0.15, -0.1) is 0 Å². The van der Waals surface area contributed by atoms with Crippen LogP contribution < -0.4 is 5.32 Å². The van der Waals surface area contributed by atoms with E-state index >= 15 is 0 Å². The maximum absolute atomic E-state index is 12.3. The molecule has 0 spiro atoms. The third-order valence-corrected chi connectivity index (χ3v) is 4.63. The fourth-order valence-corrected chi connectivity index (χ4v) is 3.07. The highest BCUT2D eigenvalue weighted by atomic mass is 16.2. The number of hydrogen-bond acceptors (Lipinski definition) is 2. The second-order valence-electron chi connectivity index (χ2n) is 6.23. The van der Waals surface area contributed by atoms with Crippen LogP contribution in [0.3, 0.4) is 0 Å². The molecule has 108 valence electrons. The van der Waals surface area contributed by atoms with Crippen LogP contribution in [-0.2, 0) is 4.79 Å². The first kappa shape index (κ1) is 12.6. The van der Waals surface area contributed by atoms with Crippen LogP contribution in [0.15, 0.2) is 30.3 Å². The molecule has 1 heterocycles. The van der Waals surface area contributed by atoms with Gasteiger partial charge in [-0.2, -0.15) is 5.10 Å². The first-order valence-corrected chi connectivity index (χ1v) is 7.64. The number of amides is 1. The molecule has 0 aliphatic heterocycles. The zero-order valence-electron chi connectivity index (χ0n) is 12.1. The van der Waals surface area contributed by atoms with Gasteiger partial charge in [-0.1, -0.05) is 30.3 Å². The van der Waals surface area contributed by atoms with E-state index in [1.165, 1.54) is 24.1 Å². The minimum absolute atomic E-state index is 0.0906. The van der Waals surface area contributed by atoms with Crippen LogP contribution in [0, 0.1) is 12.8 Å². The van der Waals surface area contributed by atoms with E-state index in [1.807, 2.05) is 25.1 Å². The van der Waals surface area contributed by atoms with E-state index in [9.17, 15) is 4.79 Å². The lowest BCUT2D eigenvalue weighted by Crippen LogP contribution is -2.15. The van der Waals surface area contributed by atoms with E-state index in [2.05, 4.69) is 27.6 Å². The molecule has 2 aliphatic carbocycles. The zero-order chi connectivity index (χ0) is 14.4. The molecule has 2 N–H and O–H groups in total. The predicted octanol–water partition coefficient (Wildman–Crippen LogP) is 3.34. The zero-order valence-corrected chi connectivity index (χ0v) is 12.1. The molecule has 4 heteroatoms. The largest absolute Gasteiger partial charge is 0.309 e. The van der Waals surface area contributed by atoms with Gasteiger partial charge >= 0.3 is 0 Å². The number of carbonyl (C=O) groups excluding carboxylic acids is 1. The minimum atomic E-state index is 0.0906. The number of hydrogen-bond donors (Lipinski definition) is 2. The molecule has 0 unspecified atom stereocenters. The Kier molecular flexibility index (Phi) is 2.84. The molecule has 2 fully saturated rings. The maximum atomic E-state index is 12.3. The van der Waals surface area contributed by atoms with Crippen molar-refractivity contribution in [2.75, 3.05) is 5.32 Å².